The van der Waals surface area contributed by atoms with Gasteiger partial charge in [-0.1, -0.05) is 42.5 Å². The molecule has 25 heavy (non-hydrogen) atoms. The molecule has 2 aromatic rings. The van der Waals surface area contributed by atoms with E-state index in [-0.39, 0.29) is 23.7 Å². The summed E-state index contributed by atoms with van der Waals surface area (Å²) < 4.78 is 0. The van der Waals surface area contributed by atoms with Crippen molar-refractivity contribution < 1.29 is 9.59 Å². The van der Waals surface area contributed by atoms with Gasteiger partial charge < -0.3 is 10.2 Å². The van der Waals surface area contributed by atoms with Gasteiger partial charge in [0.2, 0.25) is 11.8 Å². The SMILES string of the molecule is CCN(C(=O)C1CC1C(=O)NCc1ccccc1C)c1ccccc1. The van der Waals surface area contributed by atoms with Gasteiger partial charge in [0.15, 0.2) is 0 Å². The van der Waals surface area contributed by atoms with Crippen molar-refractivity contribution in [2.45, 2.75) is 26.8 Å². The topological polar surface area (TPSA) is 49.4 Å². The lowest BCUT2D eigenvalue weighted by Gasteiger charge is -2.21. The van der Waals surface area contributed by atoms with Gasteiger partial charge in [0.05, 0.1) is 11.8 Å². The molecule has 0 heterocycles. The zero-order chi connectivity index (χ0) is 17.8. The molecular weight excluding hydrogens is 312 g/mol. The summed E-state index contributed by atoms with van der Waals surface area (Å²) >= 11 is 0. The van der Waals surface area contributed by atoms with Gasteiger partial charge >= 0.3 is 0 Å². The smallest absolute Gasteiger partial charge is 0.230 e. The second-order valence-electron chi connectivity index (χ2n) is 6.51. The monoisotopic (exact) mass is 336 g/mol. The van der Waals surface area contributed by atoms with Gasteiger partial charge in [-0.25, -0.2) is 0 Å². The lowest BCUT2D eigenvalue weighted by Crippen LogP contribution is -2.34. The van der Waals surface area contributed by atoms with Crippen molar-refractivity contribution in [2.24, 2.45) is 11.8 Å². The molecule has 2 unspecified atom stereocenters. The first-order valence-electron chi connectivity index (χ1n) is 8.80. The van der Waals surface area contributed by atoms with Crippen molar-refractivity contribution in [3.8, 4) is 0 Å². The third kappa shape index (κ3) is 3.90. The zero-order valence-corrected chi connectivity index (χ0v) is 14.7. The van der Waals surface area contributed by atoms with Crippen LogP contribution in [0.3, 0.4) is 0 Å². The number of carbonyl (C=O) groups excluding carboxylic acids is 2. The van der Waals surface area contributed by atoms with Crippen LogP contribution >= 0.6 is 0 Å². The third-order valence-electron chi connectivity index (χ3n) is 4.81. The van der Waals surface area contributed by atoms with E-state index < -0.39 is 0 Å². The van der Waals surface area contributed by atoms with Crippen molar-refractivity contribution in [1.82, 2.24) is 5.32 Å². The summed E-state index contributed by atoms with van der Waals surface area (Å²) in [6.45, 7) is 5.11. The quantitative estimate of drug-likeness (QED) is 0.880. The molecule has 0 spiro atoms. The summed E-state index contributed by atoms with van der Waals surface area (Å²) in [6, 6.07) is 17.6. The van der Waals surface area contributed by atoms with Crippen molar-refractivity contribution in [3.63, 3.8) is 0 Å². The predicted molar refractivity (Wildman–Crippen MR) is 99.1 cm³/mol. The van der Waals surface area contributed by atoms with Gasteiger partial charge in [0.1, 0.15) is 0 Å². The molecule has 0 bridgehead atoms. The normalized spacial score (nSPS) is 18.5. The van der Waals surface area contributed by atoms with Gasteiger partial charge in [0.25, 0.3) is 0 Å². The maximum atomic E-state index is 12.7. The average Bonchev–Trinajstić information content (AvgIpc) is 3.43. The molecule has 3 rings (SSSR count). The molecule has 1 fully saturated rings. The minimum absolute atomic E-state index is 0.0225. The van der Waals surface area contributed by atoms with E-state index in [1.807, 2.05) is 68.4 Å². The average molecular weight is 336 g/mol. The molecule has 4 nitrogen and oxygen atoms in total. The number of benzene rings is 2. The van der Waals surface area contributed by atoms with Crippen molar-refractivity contribution in [2.75, 3.05) is 11.4 Å². The number of aryl methyl sites for hydroxylation is 1. The van der Waals surface area contributed by atoms with Crippen LogP contribution in [0.25, 0.3) is 0 Å². The highest BCUT2D eigenvalue weighted by molar-refractivity contribution is 6.01. The van der Waals surface area contributed by atoms with Crippen LogP contribution in [0.2, 0.25) is 0 Å². The molecule has 0 radical (unpaired) electrons. The van der Waals surface area contributed by atoms with Gasteiger partial charge in [-0.3, -0.25) is 9.59 Å². The van der Waals surface area contributed by atoms with Crippen LogP contribution in [-0.4, -0.2) is 18.4 Å². The summed E-state index contributed by atoms with van der Waals surface area (Å²) in [5.74, 6) is -0.373. The summed E-state index contributed by atoms with van der Waals surface area (Å²) in [7, 11) is 0. The Hall–Kier alpha value is -2.62. The summed E-state index contributed by atoms with van der Waals surface area (Å²) in [5, 5.41) is 2.97. The molecule has 0 saturated heterocycles. The number of hydrogen-bond donors (Lipinski definition) is 1. The second-order valence-corrected chi connectivity index (χ2v) is 6.51. The number of nitrogens with zero attached hydrogens (tertiary/aromatic N) is 1. The van der Waals surface area contributed by atoms with E-state index in [0.29, 0.717) is 19.5 Å². The van der Waals surface area contributed by atoms with Gasteiger partial charge in [-0.15, -0.1) is 0 Å². The Labute approximate surface area is 148 Å². The fraction of sp³-hybridized carbons (Fsp3) is 0.333. The first-order valence-corrected chi connectivity index (χ1v) is 8.80. The Balaban J connectivity index is 1.57. The summed E-state index contributed by atoms with van der Waals surface area (Å²) in [5.41, 5.74) is 3.16. The molecular formula is C21H24N2O2. The molecule has 0 aromatic heterocycles. The second kappa shape index (κ2) is 7.51. The Morgan fingerprint density at radius 2 is 1.72 bits per heavy atom. The number of nitrogens with one attached hydrogen (secondary N) is 1. The number of amides is 2. The summed E-state index contributed by atoms with van der Waals surface area (Å²) in [4.78, 5) is 26.9. The number of carbonyl (C=O) groups is 2. The lowest BCUT2D eigenvalue weighted by molar-refractivity contribution is -0.126. The number of rotatable bonds is 6. The van der Waals surface area contributed by atoms with E-state index >= 15 is 0 Å². The highest BCUT2D eigenvalue weighted by Gasteiger charge is 2.49. The molecule has 0 aliphatic heterocycles. The standard InChI is InChI=1S/C21H24N2O2/c1-3-23(17-11-5-4-6-12-17)21(25)19-13-18(19)20(24)22-14-16-10-8-7-9-15(16)2/h4-12,18-19H,3,13-14H2,1-2H3,(H,22,24). The Bertz CT molecular complexity index is 758. The molecule has 2 aromatic carbocycles. The van der Waals surface area contributed by atoms with Gasteiger partial charge in [0, 0.05) is 18.8 Å². The van der Waals surface area contributed by atoms with E-state index in [9.17, 15) is 9.59 Å². The van der Waals surface area contributed by atoms with Crippen LogP contribution in [0.5, 0.6) is 0 Å². The Morgan fingerprint density at radius 3 is 2.40 bits per heavy atom. The Kier molecular flexibility index (Phi) is 5.17. The number of hydrogen-bond acceptors (Lipinski definition) is 2. The maximum absolute atomic E-state index is 12.7. The summed E-state index contributed by atoms with van der Waals surface area (Å²) in [6.07, 6.45) is 0.641. The highest BCUT2D eigenvalue weighted by atomic mass is 16.2. The van der Waals surface area contributed by atoms with Crippen molar-refractivity contribution in [1.29, 1.82) is 0 Å². The highest BCUT2D eigenvalue weighted by Crippen LogP contribution is 2.41. The molecule has 130 valence electrons. The minimum Gasteiger partial charge on any atom is -0.352 e. The van der Waals surface area contributed by atoms with Crippen LogP contribution in [0.15, 0.2) is 54.6 Å². The van der Waals surface area contributed by atoms with Crippen LogP contribution in [0.4, 0.5) is 5.69 Å². The largest absolute Gasteiger partial charge is 0.352 e. The van der Waals surface area contributed by atoms with Crippen LogP contribution in [0.1, 0.15) is 24.5 Å². The third-order valence-corrected chi connectivity index (χ3v) is 4.81. The van der Waals surface area contributed by atoms with E-state index in [4.69, 9.17) is 0 Å². The number of anilines is 1. The molecule has 2 atom stereocenters. The van der Waals surface area contributed by atoms with Crippen LogP contribution in [-0.2, 0) is 16.1 Å². The molecule has 4 heteroatoms. The maximum Gasteiger partial charge on any atom is 0.230 e. The van der Waals surface area contributed by atoms with Gasteiger partial charge in [-0.2, -0.15) is 0 Å². The molecule has 1 aliphatic rings. The van der Waals surface area contributed by atoms with E-state index in [1.54, 1.807) is 4.90 Å². The van der Waals surface area contributed by atoms with Crippen molar-refractivity contribution >= 4 is 17.5 Å². The zero-order valence-electron chi connectivity index (χ0n) is 14.7. The predicted octanol–water partition coefficient (Wildman–Crippen LogP) is 3.30. The molecule has 1 saturated carbocycles. The van der Waals surface area contributed by atoms with Crippen molar-refractivity contribution in [3.05, 3.63) is 65.7 Å². The number of para-hydroxylation sites is 1. The molecule has 1 N–H and O–H groups in total. The van der Waals surface area contributed by atoms with Crippen LogP contribution in [0, 0.1) is 18.8 Å². The van der Waals surface area contributed by atoms with E-state index in [2.05, 4.69) is 5.32 Å². The first-order chi connectivity index (χ1) is 12.1. The van der Waals surface area contributed by atoms with E-state index in [0.717, 1.165) is 16.8 Å². The van der Waals surface area contributed by atoms with Gasteiger partial charge in [-0.05, 0) is 43.5 Å². The Morgan fingerprint density at radius 1 is 1.04 bits per heavy atom. The first kappa shape index (κ1) is 17.2. The lowest BCUT2D eigenvalue weighted by atomic mass is 10.1. The van der Waals surface area contributed by atoms with E-state index in [1.165, 1.54) is 0 Å². The minimum atomic E-state index is -0.200. The molecule has 2 amide bonds. The fourth-order valence-corrected chi connectivity index (χ4v) is 3.15. The molecule has 1 aliphatic carbocycles. The fourth-order valence-electron chi connectivity index (χ4n) is 3.15. The van der Waals surface area contributed by atoms with Crippen LogP contribution < -0.4 is 10.2 Å².